The molecule has 4 nitrogen and oxygen atoms in total. The number of methoxy groups -OCH3 is 1. The number of ether oxygens (including phenoxy) is 2. The first-order valence-electron chi connectivity index (χ1n) is 6.34. The van der Waals surface area contributed by atoms with Gasteiger partial charge in [0.05, 0.1) is 12.1 Å². The third-order valence-corrected chi connectivity index (χ3v) is 3.05. The van der Waals surface area contributed by atoms with Crippen molar-refractivity contribution in [2.45, 2.75) is 45.9 Å². The van der Waals surface area contributed by atoms with Gasteiger partial charge >= 0.3 is 0 Å². The highest BCUT2D eigenvalue weighted by Crippen LogP contribution is 2.16. The van der Waals surface area contributed by atoms with Gasteiger partial charge in [0.2, 0.25) is 0 Å². The van der Waals surface area contributed by atoms with Crippen molar-refractivity contribution in [3.63, 3.8) is 0 Å². The van der Waals surface area contributed by atoms with Crippen LogP contribution in [0.5, 0.6) is 0 Å². The Morgan fingerprint density at radius 1 is 1.39 bits per heavy atom. The van der Waals surface area contributed by atoms with Gasteiger partial charge in [-0.05, 0) is 45.9 Å². The van der Waals surface area contributed by atoms with Gasteiger partial charge in [0, 0.05) is 13.7 Å². The van der Waals surface area contributed by atoms with E-state index >= 15 is 0 Å². The van der Waals surface area contributed by atoms with Gasteiger partial charge in [-0.2, -0.15) is 0 Å². The molecule has 0 aromatic carbocycles. The molecule has 4 heteroatoms. The van der Waals surface area contributed by atoms with E-state index in [0.717, 1.165) is 24.5 Å². The van der Waals surface area contributed by atoms with Gasteiger partial charge in [-0.25, -0.2) is 0 Å². The van der Waals surface area contributed by atoms with Crippen LogP contribution in [0.1, 0.15) is 37.4 Å². The molecule has 0 bridgehead atoms. The lowest BCUT2D eigenvalue weighted by Crippen LogP contribution is -2.24. The van der Waals surface area contributed by atoms with Crippen LogP contribution in [-0.2, 0) is 22.6 Å². The molecule has 0 radical (unpaired) electrons. The highest BCUT2D eigenvalue weighted by atomic mass is 16.5. The van der Waals surface area contributed by atoms with E-state index in [1.165, 1.54) is 5.56 Å². The monoisotopic (exact) mass is 255 g/mol. The molecule has 0 aliphatic heterocycles. The SMILES string of the molecule is CNCc1oc(COCCC(C)(C)OC)cc1C. The molecule has 1 N–H and O–H groups in total. The van der Waals surface area contributed by atoms with Gasteiger partial charge in [-0.1, -0.05) is 0 Å². The zero-order chi connectivity index (χ0) is 13.6. The van der Waals surface area contributed by atoms with Gasteiger partial charge < -0.3 is 19.2 Å². The maximum Gasteiger partial charge on any atom is 0.130 e. The maximum atomic E-state index is 5.69. The predicted molar refractivity (Wildman–Crippen MR) is 71.6 cm³/mol. The van der Waals surface area contributed by atoms with Crippen LogP contribution in [0.4, 0.5) is 0 Å². The Morgan fingerprint density at radius 2 is 2.11 bits per heavy atom. The Kier molecular flexibility index (Phi) is 5.85. The molecule has 0 fully saturated rings. The Labute approximate surface area is 110 Å². The van der Waals surface area contributed by atoms with Crippen LogP contribution in [0.25, 0.3) is 0 Å². The highest BCUT2D eigenvalue weighted by molar-refractivity contribution is 5.19. The molecule has 0 spiro atoms. The molecule has 0 aliphatic rings. The second-order valence-electron chi connectivity index (χ2n) is 5.12. The fourth-order valence-corrected chi connectivity index (χ4v) is 1.59. The van der Waals surface area contributed by atoms with Crippen LogP contribution in [0, 0.1) is 6.92 Å². The number of hydrogen-bond donors (Lipinski definition) is 1. The molecule has 0 saturated heterocycles. The number of furan rings is 1. The van der Waals surface area contributed by atoms with E-state index in [0.29, 0.717) is 13.2 Å². The minimum absolute atomic E-state index is 0.129. The summed E-state index contributed by atoms with van der Waals surface area (Å²) in [5, 5.41) is 3.08. The Balaban J connectivity index is 2.33. The lowest BCUT2D eigenvalue weighted by Gasteiger charge is -2.22. The molecule has 0 atom stereocenters. The number of hydrogen-bond acceptors (Lipinski definition) is 4. The van der Waals surface area contributed by atoms with E-state index in [4.69, 9.17) is 13.9 Å². The molecule has 104 valence electrons. The second kappa shape index (κ2) is 6.92. The molecule has 1 aromatic rings. The molecular formula is C14H25NO3. The highest BCUT2D eigenvalue weighted by Gasteiger charge is 2.15. The lowest BCUT2D eigenvalue weighted by atomic mass is 10.1. The standard InChI is InChI=1S/C14H25NO3/c1-11-8-12(18-13(11)9-15-4)10-17-7-6-14(2,3)16-5/h8,15H,6-7,9-10H2,1-5H3. The van der Waals surface area contributed by atoms with Crippen LogP contribution >= 0.6 is 0 Å². The largest absolute Gasteiger partial charge is 0.462 e. The Hall–Kier alpha value is -0.840. The van der Waals surface area contributed by atoms with Crippen molar-refractivity contribution in [1.29, 1.82) is 0 Å². The summed E-state index contributed by atoms with van der Waals surface area (Å²) in [6.07, 6.45) is 0.868. The first-order valence-corrected chi connectivity index (χ1v) is 6.34. The quantitative estimate of drug-likeness (QED) is 0.725. The summed E-state index contributed by atoms with van der Waals surface area (Å²) >= 11 is 0. The minimum Gasteiger partial charge on any atom is -0.462 e. The van der Waals surface area contributed by atoms with Crippen molar-refractivity contribution in [3.05, 3.63) is 23.2 Å². The molecular weight excluding hydrogens is 230 g/mol. The van der Waals surface area contributed by atoms with E-state index in [2.05, 4.69) is 19.2 Å². The average molecular weight is 255 g/mol. The van der Waals surface area contributed by atoms with Crippen molar-refractivity contribution in [2.24, 2.45) is 0 Å². The Morgan fingerprint density at radius 3 is 2.72 bits per heavy atom. The van der Waals surface area contributed by atoms with Crippen molar-refractivity contribution in [2.75, 3.05) is 20.8 Å². The summed E-state index contributed by atoms with van der Waals surface area (Å²) in [6, 6.07) is 2.04. The third kappa shape index (κ3) is 4.80. The average Bonchev–Trinajstić information content (AvgIpc) is 2.67. The van der Waals surface area contributed by atoms with Gasteiger partial charge in [0.1, 0.15) is 18.1 Å². The van der Waals surface area contributed by atoms with Gasteiger partial charge in [-0.15, -0.1) is 0 Å². The molecule has 0 unspecified atom stereocenters. The van der Waals surface area contributed by atoms with Crippen LogP contribution in [0.3, 0.4) is 0 Å². The second-order valence-corrected chi connectivity index (χ2v) is 5.12. The van der Waals surface area contributed by atoms with Crippen LogP contribution in [0.15, 0.2) is 10.5 Å². The molecule has 1 aromatic heterocycles. The first kappa shape index (κ1) is 15.2. The molecule has 0 aliphatic carbocycles. The zero-order valence-electron chi connectivity index (χ0n) is 12.1. The van der Waals surface area contributed by atoms with Gasteiger partial charge in [0.15, 0.2) is 0 Å². The van der Waals surface area contributed by atoms with Crippen molar-refractivity contribution >= 4 is 0 Å². The maximum absolute atomic E-state index is 5.69. The normalized spacial score (nSPS) is 12.1. The fourth-order valence-electron chi connectivity index (χ4n) is 1.59. The van der Waals surface area contributed by atoms with Crippen LogP contribution in [0.2, 0.25) is 0 Å². The van der Waals surface area contributed by atoms with Gasteiger partial charge in [-0.3, -0.25) is 0 Å². The summed E-state index contributed by atoms with van der Waals surface area (Å²) in [4.78, 5) is 0. The number of nitrogens with one attached hydrogen (secondary N) is 1. The minimum atomic E-state index is -0.129. The number of rotatable bonds is 8. The summed E-state index contributed by atoms with van der Waals surface area (Å²) < 4.78 is 16.6. The van der Waals surface area contributed by atoms with Crippen molar-refractivity contribution < 1.29 is 13.9 Å². The topological polar surface area (TPSA) is 43.6 Å². The fraction of sp³-hybridized carbons (Fsp3) is 0.714. The number of aryl methyl sites for hydroxylation is 1. The molecule has 0 amide bonds. The van der Waals surface area contributed by atoms with E-state index in [-0.39, 0.29) is 5.60 Å². The molecule has 1 heterocycles. The lowest BCUT2D eigenvalue weighted by molar-refractivity contribution is -0.0144. The van der Waals surface area contributed by atoms with E-state index in [9.17, 15) is 0 Å². The smallest absolute Gasteiger partial charge is 0.130 e. The summed E-state index contributed by atoms with van der Waals surface area (Å²) in [7, 11) is 3.63. The summed E-state index contributed by atoms with van der Waals surface area (Å²) in [5.74, 6) is 1.86. The predicted octanol–water partition coefficient (Wildman–Crippen LogP) is 2.64. The van der Waals surface area contributed by atoms with E-state index < -0.39 is 0 Å². The Bertz CT molecular complexity index is 358. The van der Waals surface area contributed by atoms with Crippen LogP contribution in [-0.4, -0.2) is 26.4 Å². The van der Waals surface area contributed by atoms with Crippen LogP contribution < -0.4 is 5.32 Å². The third-order valence-electron chi connectivity index (χ3n) is 3.05. The van der Waals surface area contributed by atoms with E-state index in [1.807, 2.05) is 20.0 Å². The van der Waals surface area contributed by atoms with Gasteiger partial charge in [0.25, 0.3) is 0 Å². The molecule has 0 saturated carbocycles. The molecule has 18 heavy (non-hydrogen) atoms. The van der Waals surface area contributed by atoms with E-state index in [1.54, 1.807) is 7.11 Å². The van der Waals surface area contributed by atoms with Crippen molar-refractivity contribution in [3.8, 4) is 0 Å². The molecule has 1 rings (SSSR count). The summed E-state index contributed by atoms with van der Waals surface area (Å²) in [6.45, 7) is 8.10. The summed E-state index contributed by atoms with van der Waals surface area (Å²) in [5.41, 5.74) is 1.04. The first-order chi connectivity index (χ1) is 8.48. The zero-order valence-corrected chi connectivity index (χ0v) is 12.1. The van der Waals surface area contributed by atoms with Crippen molar-refractivity contribution in [1.82, 2.24) is 5.32 Å².